The van der Waals surface area contributed by atoms with Gasteiger partial charge in [0.25, 0.3) is 0 Å². The van der Waals surface area contributed by atoms with Crippen molar-refractivity contribution in [2.75, 3.05) is 0 Å². The number of ether oxygens (including phenoxy) is 1. The van der Waals surface area contributed by atoms with Gasteiger partial charge in [-0.05, 0) is 33.8 Å². The lowest BCUT2D eigenvalue weighted by Gasteiger charge is -2.14. The van der Waals surface area contributed by atoms with Crippen LogP contribution >= 0.6 is 0 Å². The Bertz CT molecular complexity index is 554. The highest BCUT2D eigenvalue weighted by Gasteiger charge is 2.12. The SMILES string of the molecule is Cc1ccc(OCc2c(C)noc2C)c(C(C)N)c1. The van der Waals surface area contributed by atoms with Gasteiger partial charge in [-0.1, -0.05) is 22.9 Å². The predicted octanol–water partition coefficient (Wildman–Crippen LogP) is 3.20. The lowest BCUT2D eigenvalue weighted by Crippen LogP contribution is -2.08. The molecular weight excluding hydrogens is 240 g/mol. The molecule has 0 bridgehead atoms. The van der Waals surface area contributed by atoms with Crippen molar-refractivity contribution in [3.05, 3.63) is 46.3 Å². The summed E-state index contributed by atoms with van der Waals surface area (Å²) in [7, 11) is 0. The number of nitrogens with two attached hydrogens (primary N) is 1. The second kappa shape index (κ2) is 5.45. The molecule has 0 amide bonds. The first-order valence-electron chi connectivity index (χ1n) is 6.39. The zero-order valence-electron chi connectivity index (χ0n) is 11.9. The molecule has 2 rings (SSSR count). The maximum Gasteiger partial charge on any atom is 0.140 e. The Morgan fingerprint density at radius 2 is 2.05 bits per heavy atom. The largest absolute Gasteiger partial charge is 0.488 e. The van der Waals surface area contributed by atoms with Crippen molar-refractivity contribution in [1.82, 2.24) is 5.16 Å². The standard InChI is InChI=1S/C15H20N2O2/c1-9-5-6-15(13(7-9)10(2)16)18-8-14-11(3)17-19-12(14)4/h5-7,10H,8,16H2,1-4H3. The fourth-order valence-electron chi connectivity index (χ4n) is 2.01. The normalized spacial score (nSPS) is 12.5. The molecule has 2 aromatic rings. The van der Waals surface area contributed by atoms with E-state index < -0.39 is 0 Å². The second-order valence-electron chi connectivity index (χ2n) is 4.92. The van der Waals surface area contributed by atoms with Gasteiger partial charge in [0.15, 0.2) is 0 Å². The number of nitrogens with zero attached hydrogens (tertiary/aromatic N) is 1. The number of aromatic nitrogens is 1. The number of rotatable bonds is 4. The van der Waals surface area contributed by atoms with Crippen molar-refractivity contribution >= 4 is 0 Å². The summed E-state index contributed by atoms with van der Waals surface area (Å²) in [5.74, 6) is 1.62. The minimum Gasteiger partial charge on any atom is -0.488 e. The summed E-state index contributed by atoms with van der Waals surface area (Å²) in [6, 6.07) is 5.99. The van der Waals surface area contributed by atoms with Crippen molar-refractivity contribution in [2.24, 2.45) is 5.73 Å². The topological polar surface area (TPSA) is 61.3 Å². The molecule has 0 aliphatic rings. The van der Waals surface area contributed by atoms with E-state index in [9.17, 15) is 0 Å². The van der Waals surface area contributed by atoms with Crippen LogP contribution < -0.4 is 10.5 Å². The highest BCUT2D eigenvalue weighted by atomic mass is 16.5. The molecule has 1 atom stereocenters. The lowest BCUT2D eigenvalue weighted by molar-refractivity contribution is 0.297. The highest BCUT2D eigenvalue weighted by Crippen LogP contribution is 2.26. The molecular formula is C15H20N2O2. The Kier molecular flexibility index (Phi) is 3.90. The van der Waals surface area contributed by atoms with Crippen molar-refractivity contribution in [2.45, 2.75) is 40.3 Å². The minimum atomic E-state index is -0.0560. The molecule has 0 saturated carbocycles. The molecule has 4 nitrogen and oxygen atoms in total. The summed E-state index contributed by atoms with van der Waals surface area (Å²) in [5.41, 5.74) is 10.0. The number of hydrogen-bond donors (Lipinski definition) is 1. The molecule has 0 saturated heterocycles. The number of benzene rings is 1. The van der Waals surface area contributed by atoms with Crippen molar-refractivity contribution in [1.29, 1.82) is 0 Å². The third-order valence-corrected chi connectivity index (χ3v) is 3.21. The quantitative estimate of drug-likeness (QED) is 0.917. The van der Waals surface area contributed by atoms with Crippen LogP contribution in [0.4, 0.5) is 0 Å². The maximum absolute atomic E-state index is 5.98. The van der Waals surface area contributed by atoms with Crippen LogP contribution in [0, 0.1) is 20.8 Å². The summed E-state index contributed by atoms with van der Waals surface area (Å²) < 4.78 is 11.0. The van der Waals surface area contributed by atoms with E-state index in [2.05, 4.69) is 11.2 Å². The first-order valence-corrected chi connectivity index (χ1v) is 6.39. The summed E-state index contributed by atoms with van der Waals surface area (Å²) >= 11 is 0. The molecule has 0 fully saturated rings. The van der Waals surface area contributed by atoms with E-state index in [-0.39, 0.29) is 6.04 Å². The first kappa shape index (κ1) is 13.6. The van der Waals surface area contributed by atoms with E-state index in [4.69, 9.17) is 15.0 Å². The molecule has 1 unspecified atom stereocenters. The first-order chi connectivity index (χ1) is 8.99. The monoisotopic (exact) mass is 260 g/mol. The molecule has 0 radical (unpaired) electrons. The van der Waals surface area contributed by atoms with E-state index >= 15 is 0 Å². The molecule has 19 heavy (non-hydrogen) atoms. The summed E-state index contributed by atoms with van der Waals surface area (Å²) in [6.07, 6.45) is 0. The summed E-state index contributed by atoms with van der Waals surface area (Å²) in [6.45, 7) is 8.25. The van der Waals surface area contributed by atoms with Crippen molar-refractivity contribution in [3.63, 3.8) is 0 Å². The Hall–Kier alpha value is -1.81. The van der Waals surface area contributed by atoms with Crippen LogP contribution in [-0.2, 0) is 6.61 Å². The average molecular weight is 260 g/mol. The smallest absolute Gasteiger partial charge is 0.140 e. The fourth-order valence-corrected chi connectivity index (χ4v) is 2.01. The zero-order valence-corrected chi connectivity index (χ0v) is 11.9. The molecule has 102 valence electrons. The van der Waals surface area contributed by atoms with Crippen LogP contribution in [0.2, 0.25) is 0 Å². The second-order valence-corrected chi connectivity index (χ2v) is 4.92. The van der Waals surface area contributed by atoms with Crippen LogP contribution in [0.15, 0.2) is 22.7 Å². The third kappa shape index (κ3) is 2.96. The maximum atomic E-state index is 5.98. The van der Waals surface area contributed by atoms with E-state index in [1.807, 2.05) is 39.8 Å². The number of hydrogen-bond acceptors (Lipinski definition) is 4. The Morgan fingerprint density at radius 3 is 2.63 bits per heavy atom. The summed E-state index contributed by atoms with van der Waals surface area (Å²) in [5, 5.41) is 3.92. The molecule has 1 aromatic heterocycles. The van der Waals surface area contributed by atoms with Crippen LogP contribution in [0.5, 0.6) is 5.75 Å². The zero-order chi connectivity index (χ0) is 14.0. The Morgan fingerprint density at radius 1 is 1.32 bits per heavy atom. The van der Waals surface area contributed by atoms with E-state index in [1.54, 1.807) is 0 Å². The van der Waals surface area contributed by atoms with Gasteiger partial charge in [0.1, 0.15) is 18.1 Å². The van der Waals surface area contributed by atoms with Gasteiger partial charge >= 0.3 is 0 Å². The molecule has 0 spiro atoms. The lowest BCUT2D eigenvalue weighted by atomic mass is 10.1. The average Bonchev–Trinajstić information content (AvgIpc) is 2.68. The Labute approximate surface area is 113 Å². The van der Waals surface area contributed by atoms with Gasteiger partial charge in [0.05, 0.1) is 11.3 Å². The van der Waals surface area contributed by atoms with Gasteiger partial charge in [-0.25, -0.2) is 0 Å². The van der Waals surface area contributed by atoms with Gasteiger partial charge in [0, 0.05) is 11.6 Å². The molecule has 0 aliphatic heterocycles. The highest BCUT2D eigenvalue weighted by molar-refractivity contribution is 5.39. The third-order valence-electron chi connectivity index (χ3n) is 3.21. The van der Waals surface area contributed by atoms with Gasteiger partial charge in [-0.2, -0.15) is 0 Å². The summed E-state index contributed by atoms with van der Waals surface area (Å²) in [4.78, 5) is 0. The van der Waals surface area contributed by atoms with Gasteiger partial charge in [0.2, 0.25) is 0 Å². The predicted molar refractivity (Wildman–Crippen MR) is 74.1 cm³/mol. The van der Waals surface area contributed by atoms with Crippen molar-refractivity contribution < 1.29 is 9.26 Å². The molecule has 1 aromatic carbocycles. The van der Waals surface area contributed by atoms with Gasteiger partial charge in [-0.3, -0.25) is 0 Å². The molecule has 0 aliphatic carbocycles. The van der Waals surface area contributed by atoms with E-state index in [0.29, 0.717) is 6.61 Å². The van der Waals surface area contributed by atoms with Gasteiger partial charge in [-0.15, -0.1) is 0 Å². The van der Waals surface area contributed by atoms with Gasteiger partial charge < -0.3 is 15.0 Å². The minimum absolute atomic E-state index is 0.0560. The number of aryl methyl sites for hydroxylation is 3. The molecule has 4 heteroatoms. The van der Waals surface area contributed by atoms with E-state index in [0.717, 1.165) is 28.3 Å². The van der Waals surface area contributed by atoms with Crippen LogP contribution in [-0.4, -0.2) is 5.16 Å². The van der Waals surface area contributed by atoms with Crippen molar-refractivity contribution in [3.8, 4) is 5.75 Å². The molecule has 2 N–H and O–H groups in total. The Balaban J connectivity index is 2.20. The van der Waals surface area contributed by atoms with Crippen LogP contribution in [0.25, 0.3) is 0 Å². The van der Waals surface area contributed by atoms with Crippen LogP contribution in [0.1, 0.15) is 41.1 Å². The van der Waals surface area contributed by atoms with Crippen LogP contribution in [0.3, 0.4) is 0 Å². The fraction of sp³-hybridized carbons (Fsp3) is 0.400. The van der Waals surface area contributed by atoms with E-state index in [1.165, 1.54) is 5.56 Å². The molecule has 1 heterocycles.